The van der Waals surface area contributed by atoms with E-state index < -0.39 is 0 Å². The minimum Gasteiger partial charge on any atom is -0.381 e. The van der Waals surface area contributed by atoms with E-state index in [0.29, 0.717) is 5.78 Å². The first-order chi connectivity index (χ1) is 8.26. The molecule has 1 saturated carbocycles. The SMILES string of the molecule is CNC1(CC(=O)C2CCOCC2)CCCCC1. The smallest absolute Gasteiger partial charge is 0.137 e. The molecule has 17 heavy (non-hydrogen) atoms. The van der Waals surface area contributed by atoms with Gasteiger partial charge < -0.3 is 10.1 Å². The molecule has 1 aliphatic heterocycles. The Morgan fingerprint density at radius 1 is 1.24 bits per heavy atom. The van der Waals surface area contributed by atoms with E-state index in [1.54, 1.807) is 0 Å². The maximum atomic E-state index is 12.3. The summed E-state index contributed by atoms with van der Waals surface area (Å²) in [5, 5.41) is 3.44. The molecule has 2 aliphatic rings. The van der Waals surface area contributed by atoms with Gasteiger partial charge in [0.2, 0.25) is 0 Å². The number of rotatable bonds is 4. The number of carbonyl (C=O) groups is 1. The number of nitrogens with one attached hydrogen (secondary N) is 1. The van der Waals surface area contributed by atoms with E-state index in [4.69, 9.17) is 4.74 Å². The second-order valence-electron chi connectivity index (χ2n) is 5.62. The number of hydrogen-bond donors (Lipinski definition) is 1. The maximum absolute atomic E-state index is 12.3. The predicted octanol–water partition coefficient (Wildman–Crippen LogP) is 2.29. The molecule has 1 heterocycles. The van der Waals surface area contributed by atoms with Gasteiger partial charge in [0, 0.05) is 31.1 Å². The van der Waals surface area contributed by atoms with Crippen molar-refractivity contribution in [2.75, 3.05) is 20.3 Å². The van der Waals surface area contributed by atoms with Crippen molar-refractivity contribution in [3.63, 3.8) is 0 Å². The normalized spacial score (nSPS) is 25.7. The van der Waals surface area contributed by atoms with Gasteiger partial charge in [-0.25, -0.2) is 0 Å². The van der Waals surface area contributed by atoms with Gasteiger partial charge in [0.15, 0.2) is 0 Å². The fourth-order valence-electron chi connectivity index (χ4n) is 3.24. The molecule has 0 aromatic rings. The Bertz CT molecular complexity index is 253. The number of carbonyl (C=O) groups excluding carboxylic acids is 1. The number of ether oxygens (including phenoxy) is 1. The van der Waals surface area contributed by atoms with Gasteiger partial charge in [0.25, 0.3) is 0 Å². The Labute approximate surface area is 104 Å². The number of Topliss-reactive ketones (excluding diaryl/α,β-unsaturated/α-hetero) is 1. The van der Waals surface area contributed by atoms with Gasteiger partial charge in [-0.1, -0.05) is 19.3 Å². The van der Waals surface area contributed by atoms with Gasteiger partial charge in [0.05, 0.1) is 0 Å². The molecule has 1 saturated heterocycles. The van der Waals surface area contributed by atoms with Crippen molar-refractivity contribution >= 4 is 5.78 Å². The van der Waals surface area contributed by atoms with E-state index in [2.05, 4.69) is 5.32 Å². The predicted molar refractivity (Wildman–Crippen MR) is 68.0 cm³/mol. The standard InChI is InChI=1S/C14H25NO2/c1-15-14(7-3-2-4-8-14)11-13(16)12-5-9-17-10-6-12/h12,15H,2-11H2,1H3. The average molecular weight is 239 g/mol. The van der Waals surface area contributed by atoms with Crippen LogP contribution in [0.4, 0.5) is 0 Å². The lowest BCUT2D eigenvalue weighted by Crippen LogP contribution is -2.47. The van der Waals surface area contributed by atoms with Gasteiger partial charge in [0.1, 0.15) is 5.78 Å². The van der Waals surface area contributed by atoms with Crippen molar-refractivity contribution in [3.05, 3.63) is 0 Å². The van der Waals surface area contributed by atoms with Crippen molar-refractivity contribution in [2.45, 2.75) is 56.9 Å². The molecule has 0 spiro atoms. The maximum Gasteiger partial charge on any atom is 0.137 e. The van der Waals surface area contributed by atoms with Crippen molar-refractivity contribution in [1.82, 2.24) is 5.32 Å². The van der Waals surface area contributed by atoms with Crippen LogP contribution in [0.3, 0.4) is 0 Å². The van der Waals surface area contributed by atoms with Crippen LogP contribution in [-0.4, -0.2) is 31.6 Å². The third kappa shape index (κ3) is 3.29. The summed E-state index contributed by atoms with van der Waals surface area (Å²) >= 11 is 0. The summed E-state index contributed by atoms with van der Waals surface area (Å²) in [7, 11) is 2.02. The molecule has 0 atom stereocenters. The highest BCUT2D eigenvalue weighted by Gasteiger charge is 2.34. The molecular weight excluding hydrogens is 214 g/mol. The molecular formula is C14H25NO2. The summed E-state index contributed by atoms with van der Waals surface area (Å²) in [6.07, 6.45) is 8.78. The highest BCUT2D eigenvalue weighted by molar-refractivity contribution is 5.82. The molecule has 3 nitrogen and oxygen atoms in total. The molecule has 2 fully saturated rings. The Hall–Kier alpha value is -0.410. The van der Waals surface area contributed by atoms with E-state index in [9.17, 15) is 4.79 Å². The fourth-order valence-corrected chi connectivity index (χ4v) is 3.24. The first-order valence-electron chi connectivity index (χ1n) is 7.05. The van der Waals surface area contributed by atoms with Crippen LogP contribution < -0.4 is 5.32 Å². The number of ketones is 1. The lowest BCUT2D eigenvalue weighted by molar-refractivity contribution is -0.127. The van der Waals surface area contributed by atoms with Gasteiger partial charge in [-0.2, -0.15) is 0 Å². The summed E-state index contributed by atoms with van der Waals surface area (Å²) in [6.45, 7) is 1.53. The Kier molecular flexibility index (Phi) is 4.57. The molecule has 1 aliphatic carbocycles. The number of hydrogen-bond acceptors (Lipinski definition) is 3. The largest absolute Gasteiger partial charge is 0.381 e. The minimum absolute atomic E-state index is 0.105. The quantitative estimate of drug-likeness (QED) is 0.818. The lowest BCUT2D eigenvalue weighted by Gasteiger charge is -2.38. The van der Waals surface area contributed by atoms with E-state index in [1.807, 2.05) is 7.05 Å². The van der Waals surface area contributed by atoms with Crippen molar-refractivity contribution < 1.29 is 9.53 Å². The van der Waals surface area contributed by atoms with Gasteiger partial charge in [-0.05, 0) is 32.7 Å². The summed E-state index contributed by atoms with van der Waals surface area (Å²) in [5.41, 5.74) is 0.105. The van der Waals surface area contributed by atoms with Crippen molar-refractivity contribution in [1.29, 1.82) is 0 Å². The zero-order chi connectivity index (χ0) is 12.1. The van der Waals surface area contributed by atoms with Crippen LogP contribution >= 0.6 is 0 Å². The van der Waals surface area contributed by atoms with E-state index in [1.165, 1.54) is 32.1 Å². The second kappa shape index (κ2) is 5.96. The average Bonchev–Trinajstić information content (AvgIpc) is 2.41. The van der Waals surface area contributed by atoms with Gasteiger partial charge in [-0.3, -0.25) is 4.79 Å². The second-order valence-corrected chi connectivity index (χ2v) is 5.62. The van der Waals surface area contributed by atoms with Crippen LogP contribution in [0.15, 0.2) is 0 Å². The lowest BCUT2D eigenvalue weighted by atomic mass is 9.76. The molecule has 0 aromatic heterocycles. The van der Waals surface area contributed by atoms with Gasteiger partial charge in [-0.15, -0.1) is 0 Å². The monoisotopic (exact) mass is 239 g/mol. The molecule has 0 bridgehead atoms. The van der Waals surface area contributed by atoms with Crippen LogP contribution in [0.25, 0.3) is 0 Å². The first kappa shape index (κ1) is 13.0. The zero-order valence-corrected chi connectivity index (χ0v) is 11.0. The van der Waals surface area contributed by atoms with E-state index in [-0.39, 0.29) is 11.5 Å². The third-order valence-electron chi connectivity index (χ3n) is 4.53. The van der Waals surface area contributed by atoms with Crippen LogP contribution in [0, 0.1) is 5.92 Å². The summed E-state index contributed by atoms with van der Waals surface area (Å²) in [5.74, 6) is 0.723. The molecule has 0 aromatic carbocycles. The molecule has 0 amide bonds. The zero-order valence-electron chi connectivity index (χ0n) is 11.0. The molecule has 2 rings (SSSR count). The van der Waals surface area contributed by atoms with Gasteiger partial charge >= 0.3 is 0 Å². The Balaban J connectivity index is 1.90. The first-order valence-corrected chi connectivity index (χ1v) is 7.05. The van der Waals surface area contributed by atoms with E-state index in [0.717, 1.165) is 32.5 Å². The van der Waals surface area contributed by atoms with Crippen LogP contribution in [-0.2, 0) is 9.53 Å². The molecule has 98 valence electrons. The molecule has 0 unspecified atom stereocenters. The van der Waals surface area contributed by atoms with Crippen molar-refractivity contribution in [2.24, 2.45) is 5.92 Å². The highest BCUT2D eigenvalue weighted by atomic mass is 16.5. The van der Waals surface area contributed by atoms with Crippen molar-refractivity contribution in [3.8, 4) is 0 Å². The molecule has 1 N–H and O–H groups in total. The summed E-state index contributed by atoms with van der Waals surface area (Å²) < 4.78 is 5.32. The molecule has 0 radical (unpaired) electrons. The minimum atomic E-state index is 0.105. The summed E-state index contributed by atoms with van der Waals surface area (Å²) in [6, 6.07) is 0. The van der Waals surface area contributed by atoms with Crippen LogP contribution in [0.2, 0.25) is 0 Å². The topological polar surface area (TPSA) is 38.3 Å². The third-order valence-corrected chi connectivity index (χ3v) is 4.53. The van der Waals surface area contributed by atoms with Crippen LogP contribution in [0.5, 0.6) is 0 Å². The van der Waals surface area contributed by atoms with E-state index >= 15 is 0 Å². The molecule has 3 heteroatoms. The highest BCUT2D eigenvalue weighted by Crippen LogP contribution is 2.32. The summed E-state index contributed by atoms with van der Waals surface area (Å²) in [4.78, 5) is 12.3. The van der Waals surface area contributed by atoms with Crippen LogP contribution in [0.1, 0.15) is 51.4 Å². The fraction of sp³-hybridized carbons (Fsp3) is 0.929. The Morgan fingerprint density at radius 3 is 2.47 bits per heavy atom. The Morgan fingerprint density at radius 2 is 1.88 bits per heavy atom.